The molecule has 0 aliphatic rings. The molecule has 21 heavy (non-hydrogen) atoms. The summed E-state index contributed by atoms with van der Waals surface area (Å²) in [5.41, 5.74) is 1.64. The number of nitrogens with one attached hydrogen (secondary N) is 1. The standard InChI is InChI=1S/C15H19BrN2O3/c1-3-8-17-14(19)10-18(2)12-6-4-11(13(16)9-12)5-7-15(20)21/h4-7,9H,3,8,10H2,1-2H3,(H,17,19)(H,20,21)/b7-5+. The molecule has 0 atom stereocenters. The Morgan fingerprint density at radius 3 is 2.71 bits per heavy atom. The van der Waals surface area contributed by atoms with Gasteiger partial charge in [0.25, 0.3) is 0 Å². The van der Waals surface area contributed by atoms with Gasteiger partial charge in [0, 0.05) is 29.8 Å². The lowest BCUT2D eigenvalue weighted by atomic mass is 10.2. The van der Waals surface area contributed by atoms with Crippen molar-refractivity contribution in [2.24, 2.45) is 0 Å². The number of carbonyl (C=O) groups excluding carboxylic acids is 1. The van der Waals surface area contributed by atoms with E-state index < -0.39 is 5.97 Å². The van der Waals surface area contributed by atoms with Gasteiger partial charge in [0.05, 0.1) is 6.54 Å². The molecular weight excluding hydrogens is 336 g/mol. The van der Waals surface area contributed by atoms with Gasteiger partial charge in [-0.05, 0) is 30.2 Å². The Balaban J connectivity index is 2.74. The van der Waals surface area contributed by atoms with Crippen LogP contribution in [0.15, 0.2) is 28.7 Å². The molecule has 0 aromatic heterocycles. The summed E-state index contributed by atoms with van der Waals surface area (Å²) in [5, 5.41) is 11.4. The zero-order valence-corrected chi connectivity index (χ0v) is 13.7. The molecular formula is C15H19BrN2O3. The predicted molar refractivity (Wildman–Crippen MR) is 87.4 cm³/mol. The predicted octanol–water partition coefficient (Wildman–Crippen LogP) is 2.51. The summed E-state index contributed by atoms with van der Waals surface area (Å²) in [6, 6.07) is 5.51. The maximum Gasteiger partial charge on any atom is 0.328 e. The van der Waals surface area contributed by atoms with Crippen LogP contribution in [-0.2, 0) is 9.59 Å². The number of carboxylic acid groups (broad SMARTS) is 1. The van der Waals surface area contributed by atoms with Crippen molar-refractivity contribution >= 4 is 39.6 Å². The van der Waals surface area contributed by atoms with Crippen LogP contribution in [-0.4, -0.2) is 37.1 Å². The molecule has 0 saturated heterocycles. The second kappa shape index (κ2) is 8.46. The van der Waals surface area contributed by atoms with Crippen LogP contribution in [0.5, 0.6) is 0 Å². The first-order valence-corrected chi connectivity index (χ1v) is 7.41. The van der Waals surface area contributed by atoms with E-state index in [0.29, 0.717) is 6.54 Å². The molecule has 0 heterocycles. The van der Waals surface area contributed by atoms with E-state index in [1.165, 1.54) is 6.08 Å². The van der Waals surface area contributed by atoms with Crippen LogP contribution in [0.3, 0.4) is 0 Å². The molecule has 0 fully saturated rings. The van der Waals surface area contributed by atoms with E-state index in [0.717, 1.165) is 28.2 Å². The van der Waals surface area contributed by atoms with E-state index in [9.17, 15) is 9.59 Å². The van der Waals surface area contributed by atoms with Gasteiger partial charge in [-0.25, -0.2) is 4.79 Å². The maximum atomic E-state index is 11.7. The third-order valence-electron chi connectivity index (χ3n) is 2.78. The van der Waals surface area contributed by atoms with Gasteiger partial charge in [0.1, 0.15) is 0 Å². The Morgan fingerprint density at radius 1 is 1.43 bits per heavy atom. The van der Waals surface area contributed by atoms with Gasteiger partial charge < -0.3 is 15.3 Å². The number of hydrogen-bond donors (Lipinski definition) is 2. The monoisotopic (exact) mass is 354 g/mol. The first kappa shape index (κ1) is 17.2. The van der Waals surface area contributed by atoms with E-state index in [1.807, 2.05) is 31.0 Å². The van der Waals surface area contributed by atoms with Gasteiger partial charge in [-0.2, -0.15) is 0 Å². The highest BCUT2D eigenvalue weighted by atomic mass is 79.9. The summed E-state index contributed by atoms with van der Waals surface area (Å²) in [4.78, 5) is 24.0. The quantitative estimate of drug-likeness (QED) is 0.738. The highest BCUT2D eigenvalue weighted by molar-refractivity contribution is 9.10. The minimum atomic E-state index is -0.990. The van der Waals surface area contributed by atoms with E-state index in [2.05, 4.69) is 21.2 Å². The van der Waals surface area contributed by atoms with E-state index in [4.69, 9.17) is 5.11 Å². The SMILES string of the molecule is CCCNC(=O)CN(C)c1ccc(/C=C/C(=O)O)c(Br)c1. The summed E-state index contributed by atoms with van der Waals surface area (Å²) in [5.74, 6) is -1.01. The fourth-order valence-electron chi connectivity index (χ4n) is 1.68. The normalized spacial score (nSPS) is 10.6. The largest absolute Gasteiger partial charge is 0.478 e. The molecule has 1 aromatic rings. The minimum absolute atomic E-state index is 0.0228. The number of rotatable bonds is 7. The third kappa shape index (κ3) is 5.99. The molecule has 1 rings (SSSR count). The molecule has 0 aliphatic carbocycles. The van der Waals surface area contributed by atoms with Crippen LogP contribution >= 0.6 is 15.9 Å². The number of aliphatic carboxylic acids is 1. The highest BCUT2D eigenvalue weighted by Crippen LogP contribution is 2.24. The zero-order valence-electron chi connectivity index (χ0n) is 12.1. The van der Waals surface area contributed by atoms with Gasteiger partial charge in [-0.15, -0.1) is 0 Å². The third-order valence-corrected chi connectivity index (χ3v) is 3.47. The van der Waals surface area contributed by atoms with Crippen LogP contribution in [0.4, 0.5) is 5.69 Å². The Hall–Kier alpha value is -1.82. The van der Waals surface area contributed by atoms with Gasteiger partial charge in [-0.1, -0.05) is 28.9 Å². The molecule has 0 bridgehead atoms. The molecule has 0 aliphatic heterocycles. The molecule has 5 nitrogen and oxygen atoms in total. The number of likely N-dealkylation sites (N-methyl/N-ethyl adjacent to an activating group) is 1. The van der Waals surface area contributed by atoms with Crippen molar-refractivity contribution in [3.05, 3.63) is 34.3 Å². The van der Waals surface area contributed by atoms with Crippen molar-refractivity contribution in [2.45, 2.75) is 13.3 Å². The lowest BCUT2D eigenvalue weighted by Gasteiger charge is -2.19. The number of halogens is 1. The Morgan fingerprint density at radius 2 is 2.14 bits per heavy atom. The Kier molecular flexibility index (Phi) is 6.94. The number of benzene rings is 1. The number of amides is 1. The molecule has 0 radical (unpaired) electrons. The van der Waals surface area contributed by atoms with E-state index >= 15 is 0 Å². The van der Waals surface area contributed by atoms with Crippen molar-refractivity contribution in [2.75, 3.05) is 25.0 Å². The van der Waals surface area contributed by atoms with Crippen molar-refractivity contribution in [1.82, 2.24) is 5.32 Å². The molecule has 0 unspecified atom stereocenters. The first-order chi connectivity index (χ1) is 9.93. The van der Waals surface area contributed by atoms with Crippen LogP contribution in [0.1, 0.15) is 18.9 Å². The van der Waals surface area contributed by atoms with Crippen molar-refractivity contribution in [3.63, 3.8) is 0 Å². The fraction of sp³-hybridized carbons (Fsp3) is 0.333. The Bertz CT molecular complexity index is 544. The van der Waals surface area contributed by atoms with Crippen molar-refractivity contribution in [1.29, 1.82) is 0 Å². The molecule has 0 spiro atoms. The summed E-state index contributed by atoms with van der Waals surface area (Å²) >= 11 is 3.40. The summed E-state index contributed by atoms with van der Waals surface area (Å²) < 4.78 is 0.776. The molecule has 6 heteroatoms. The summed E-state index contributed by atoms with van der Waals surface area (Å²) in [6.45, 7) is 2.95. The van der Waals surface area contributed by atoms with Gasteiger partial charge >= 0.3 is 5.97 Å². The molecule has 0 saturated carbocycles. The van der Waals surface area contributed by atoms with Crippen LogP contribution in [0.25, 0.3) is 6.08 Å². The number of carbonyl (C=O) groups is 2. The fourth-order valence-corrected chi connectivity index (χ4v) is 2.18. The average molecular weight is 355 g/mol. The molecule has 1 aromatic carbocycles. The molecule has 2 N–H and O–H groups in total. The van der Waals surface area contributed by atoms with Crippen LogP contribution in [0.2, 0.25) is 0 Å². The first-order valence-electron chi connectivity index (χ1n) is 6.62. The average Bonchev–Trinajstić information content (AvgIpc) is 2.43. The summed E-state index contributed by atoms with van der Waals surface area (Å²) in [7, 11) is 1.83. The number of hydrogen-bond acceptors (Lipinski definition) is 3. The molecule has 1 amide bonds. The molecule has 114 valence electrons. The van der Waals surface area contributed by atoms with E-state index in [-0.39, 0.29) is 12.5 Å². The minimum Gasteiger partial charge on any atom is -0.478 e. The van der Waals surface area contributed by atoms with E-state index in [1.54, 1.807) is 6.07 Å². The summed E-state index contributed by atoms with van der Waals surface area (Å²) in [6.07, 6.45) is 3.51. The van der Waals surface area contributed by atoms with Crippen molar-refractivity contribution < 1.29 is 14.7 Å². The highest BCUT2D eigenvalue weighted by Gasteiger charge is 2.08. The zero-order chi connectivity index (χ0) is 15.8. The number of nitrogens with zero attached hydrogens (tertiary/aromatic N) is 1. The lowest BCUT2D eigenvalue weighted by molar-refractivity contribution is -0.131. The maximum absolute atomic E-state index is 11.7. The van der Waals surface area contributed by atoms with Gasteiger partial charge in [0.15, 0.2) is 0 Å². The second-order valence-corrected chi connectivity index (χ2v) is 5.44. The smallest absolute Gasteiger partial charge is 0.328 e. The van der Waals surface area contributed by atoms with Crippen LogP contribution < -0.4 is 10.2 Å². The van der Waals surface area contributed by atoms with Crippen molar-refractivity contribution in [3.8, 4) is 0 Å². The van der Waals surface area contributed by atoms with Gasteiger partial charge in [0.2, 0.25) is 5.91 Å². The lowest BCUT2D eigenvalue weighted by Crippen LogP contribution is -2.35. The number of anilines is 1. The van der Waals surface area contributed by atoms with Crippen LogP contribution in [0, 0.1) is 0 Å². The second-order valence-electron chi connectivity index (χ2n) is 4.58. The number of carboxylic acids is 1. The van der Waals surface area contributed by atoms with Gasteiger partial charge in [-0.3, -0.25) is 4.79 Å². The topological polar surface area (TPSA) is 69.6 Å². The Labute approximate surface area is 132 Å².